The number of hydrogen-bond acceptors (Lipinski definition) is 4. The first-order valence-corrected chi connectivity index (χ1v) is 7.95. The molecule has 0 bridgehead atoms. The fourth-order valence-corrected chi connectivity index (χ4v) is 2.98. The number of ether oxygens (including phenoxy) is 1. The van der Waals surface area contributed by atoms with E-state index >= 15 is 0 Å². The predicted molar refractivity (Wildman–Crippen MR) is 65.1 cm³/mol. The van der Waals surface area contributed by atoms with Crippen LogP contribution in [0.15, 0.2) is 0 Å². The molecule has 1 fully saturated rings. The average Bonchev–Trinajstić information content (AvgIpc) is 2.55. The predicted octanol–water partition coefficient (Wildman–Crippen LogP) is 0.955. The Bertz CT molecular complexity index is 315. The van der Waals surface area contributed by atoms with Crippen molar-refractivity contribution in [3.8, 4) is 0 Å². The molecule has 0 radical (unpaired) electrons. The van der Waals surface area contributed by atoms with Gasteiger partial charge in [0.1, 0.15) is 9.84 Å². The van der Waals surface area contributed by atoms with Crippen LogP contribution in [-0.4, -0.2) is 39.2 Å². The van der Waals surface area contributed by atoms with Crippen molar-refractivity contribution in [2.75, 3.05) is 25.2 Å². The summed E-state index contributed by atoms with van der Waals surface area (Å²) in [5.74, 6) is 0.863. The third-order valence-corrected chi connectivity index (χ3v) is 4.28. The van der Waals surface area contributed by atoms with Crippen LogP contribution in [-0.2, 0) is 14.6 Å². The van der Waals surface area contributed by atoms with Crippen molar-refractivity contribution in [3.05, 3.63) is 0 Å². The largest absolute Gasteiger partial charge is 0.374 e. The summed E-state index contributed by atoms with van der Waals surface area (Å²) >= 11 is 0. The van der Waals surface area contributed by atoms with Crippen molar-refractivity contribution in [2.24, 2.45) is 11.7 Å². The highest BCUT2D eigenvalue weighted by Crippen LogP contribution is 2.36. The van der Waals surface area contributed by atoms with Crippen molar-refractivity contribution in [1.29, 1.82) is 0 Å². The molecule has 1 aliphatic carbocycles. The third kappa shape index (κ3) is 4.39. The molecule has 0 heterocycles. The molecule has 1 saturated carbocycles. The standard InChI is InChI=1S/C11H23NO3S/c1-10-4-5-11(8-10,9-12)15-6-3-7-16(2,13)14/h10H,3-9,12H2,1-2H3. The molecule has 96 valence electrons. The van der Waals surface area contributed by atoms with Crippen LogP contribution < -0.4 is 5.73 Å². The van der Waals surface area contributed by atoms with Crippen LogP contribution >= 0.6 is 0 Å². The zero-order valence-corrected chi connectivity index (χ0v) is 11.1. The molecule has 2 N–H and O–H groups in total. The highest BCUT2D eigenvalue weighted by Gasteiger charge is 2.36. The SMILES string of the molecule is CC1CCC(CN)(OCCCS(C)(=O)=O)C1. The second-order valence-electron chi connectivity index (χ2n) is 5.07. The highest BCUT2D eigenvalue weighted by molar-refractivity contribution is 7.90. The summed E-state index contributed by atoms with van der Waals surface area (Å²) in [4.78, 5) is 0. The molecule has 0 amide bonds. The van der Waals surface area contributed by atoms with E-state index in [9.17, 15) is 8.42 Å². The van der Waals surface area contributed by atoms with Gasteiger partial charge in [-0.05, 0) is 31.6 Å². The summed E-state index contributed by atoms with van der Waals surface area (Å²) < 4.78 is 27.7. The van der Waals surface area contributed by atoms with E-state index in [0.717, 1.165) is 19.3 Å². The molecule has 0 spiro atoms. The van der Waals surface area contributed by atoms with Crippen LogP contribution in [0.2, 0.25) is 0 Å². The Morgan fingerprint density at radius 1 is 1.50 bits per heavy atom. The number of sulfone groups is 1. The monoisotopic (exact) mass is 249 g/mol. The molecule has 1 rings (SSSR count). The number of nitrogens with two attached hydrogens (primary N) is 1. The molecule has 0 aromatic rings. The van der Waals surface area contributed by atoms with E-state index in [1.165, 1.54) is 6.26 Å². The Labute approximate surface area is 98.5 Å². The minimum absolute atomic E-state index is 0.184. The van der Waals surface area contributed by atoms with Gasteiger partial charge in [0, 0.05) is 19.4 Å². The van der Waals surface area contributed by atoms with Gasteiger partial charge in [-0.2, -0.15) is 0 Å². The lowest BCUT2D eigenvalue weighted by molar-refractivity contribution is -0.0352. The van der Waals surface area contributed by atoms with Gasteiger partial charge in [0.25, 0.3) is 0 Å². The first-order valence-electron chi connectivity index (χ1n) is 5.89. The minimum atomic E-state index is -2.87. The van der Waals surface area contributed by atoms with Gasteiger partial charge in [-0.15, -0.1) is 0 Å². The Kier molecular flexibility index (Phi) is 4.76. The molecule has 0 saturated heterocycles. The van der Waals surface area contributed by atoms with E-state index in [2.05, 4.69) is 6.92 Å². The van der Waals surface area contributed by atoms with Gasteiger partial charge in [-0.25, -0.2) is 8.42 Å². The van der Waals surface area contributed by atoms with Crippen molar-refractivity contribution >= 4 is 9.84 Å². The van der Waals surface area contributed by atoms with Crippen LogP contribution in [0.5, 0.6) is 0 Å². The fourth-order valence-electron chi connectivity index (χ4n) is 2.33. The summed E-state index contributed by atoms with van der Waals surface area (Å²) in [5.41, 5.74) is 5.57. The zero-order chi connectivity index (χ0) is 12.2. The van der Waals surface area contributed by atoms with E-state index < -0.39 is 9.84 Å². The second-order valence-corrected chi connectivity index (χ2v) is 7.33. The summed E-state index contributed by atoms with van der Waals surface area (Å²) in [5, 5.41) is 0. The fraction of sp³-hybridized carbons (Fsp3) is 1.00. The maximum atomic E-state index is 10.9. The van der Waals surface area contributed by atoms with Crippen LogP contribution in [0.25, 0.3) is 0 Å². The van der Waals surface area contributed by atoms with Crippen LogP contribution in [0, 0.1) is 5.92 Å². The lowest BCUT2D eigenvalue weighted by atomic mass is 10.0. The Morgan fingerprint density at radius 2 is 2.19 bits per heavy atom. The highest BCUT2D eigenvalue weighted by atomic mass is 32.2. The topological polar surface area (TPSA) is 69.4 Å². The Hall–Kier alpha value is -0.130. The molecule has 2 atom stereocenters. The van der Waals surface area contributed by atoms with E-state index in [1.807, 2.05) is 0 Å². The zero-order valence-electron chi connectivity index (χ0n) is 10.2. The van der Waals surface area contributed by atoms with Crippen LogP contribution in [0.4, 0.5) is 0 Å². The molecule has 0 aromatic carbocycles. The molecule has 5 heteroatoms. The van der Waals surface area contributed by atoms with E-state index in [1.54, 1.807) is 0 Å². The van der Waals surface area contributed by atoms with Crippen molar-refractivity contribution in [3.63, 3.8) is 0 Å². The van der Waals surface area contributed by atoms with E-state index in [-0.39, 0.29) is 11.4 Å². The molecule has 1 aliphatic rings. The van der Waals surface area contributed by atoms with Gasteiger partial charge in [0.05, 0.1) is 11.4 Å². The quantitative estimate of drug-likeness (QED) is 0.712. The third-order valence-electron chi connectivity index (χ3n) is 3.25. The molecule has 2 unspecified atom stereocenters. The molecule has 4 nitrogen and oxygen atoms in total. The van der Waals surface area contributed by atoms with E-state index in [4.69, 9.17) is 10.5 Å². The average molecular weight is 249 g/mol. The van der Waals surface area contributed by atoms with Gasteiger partial charge in [0.2, 0.25) is 0 Å². The maximum Gasteiger partial charge on any atom is 0.147 e. The van der Waals surface area contributed by atoms with Crippen molar-refractivity contribution in [1.82, 2.24) is 0 Å². The number of rotatable bonds is 6. The summed E-state index contributed by atoms with van der Waals surface area (Å²) in [6.45, 7) is 3.24. The first-order chi connectivity index (χ1) is 7.37. The molecular weight excluding hydrogens is 226 g/mol. The van der Waals surface area contributed by atoms with Crippen molar-refractivity contribution < 1.29 is 13.2 Å². The van der Waals surface area contributed by atoms with Crippen molar-refractivity contribution in [2.45, 2.75) is 38.2 Å². The lowest BCUT2D eigenvalue weighted by Gasteiger charge is -2.28. The molecular formula is C11H23NO3S. The molecule has 0 aromatic heterocycles. The minimum Gasteiger partial charge on any atom is -0.374 e. The van der Waals surface area contributed by atoms with Crippen LogP contribution in [0.3, 0.4) is 0 Å². The summed E-state index contributed by atoms with van der Waals surface area (Å²) in [6.07, 6.45) is 4.98. The maximum absolute atomic E-state index is 10.9. The smallest absolute Gasteiger partial charge is 0.147 e. The van der Waals surface area contributed by atoms with Gasteiger partial charge in [0.15, 0.2) is 0 Å². The number of hydrogen-bond donors (Lipinski definition) is 1. The summed E-state index contributed by atoms with van der Waals surface area (Å²) in [7, 11) is -2.87. The van der Waals surface area contributed by atoms with Gasteiger partial charge < -0.3 is 10.5 Å². The molecule has 16 heavy (non-hydrogen) atoms. The normalized spacial score (nSPS) is 30.8. The van der Waals surface area contributed by atoms with Gasteiger partial charge >= 0.3 is 0 Å². The first kappa shape index (κ1) is 13.9. The lowest BCUT2D eigenvalue weighted by Crippen LogP contribution is -2.38. The molecule has 0 aliphatic heterocycles. The summed E-state index contributed by atoms with van der Waals surface area (Å²) in [6, 6.07) is 0. The Morgan fingerprint density at radius 3 is 2.62 bits per heavy atom. The van der Waals surface area contributed by atoms with E-state index in [0.29, 0.717) is 25.5 Å². The van der Waals surface area contributed by atoms with Gasteiger partial charge in [-0.3, -0.25) is 0 Å². The Balaban J connectivity index is 2.30. The van der Waals surface area contributed by atoms with Gasteiger partial charge in [-0.1, -0.05) is 6.92 Å². The second kappa shape index (κ2) is 5.47. The van der Waals surface area contributed by atoms with Crippen LogP contribution in [0.1, 0.15) is 32.6 Å².